The Hall–Kier alpha value is -2.15. The van der Waals surface area contributed by atoms with E-state index < -0.39 is 0 Å². The van der Waals surface area contributed by atoms with Gasteiger partial charge in [0.1, 0.15) is 5.82 Å². The third-order valence-electron chi connectivity index (χ3n) is 3.30. The van der Waals surface area contributed by atoms with Crippen LogP contribution in [-0.4, -0.2) is 0 Å². The highest BCUT2D eigenvalue weighted by atomic mass is 19.1. The fourth-order valence-corrected chi connectivity index (χ4v) is 1.96. The van der Waals surface area contributed by atoms with Crippen molar-refractivity contribution in [1.29, 1.82) is 0 Å². The van der Waals surface area contributed by atoms with Crippen LogP contribution in [-0.2, 0) is 0 Å². The molecule has 0 aliphatic rings. The summed E-state index contributed by atoms with van der Waals surface area (Å²) in [6.45, 7) is 11.4. The summed E-state index contributed by atoms with van der Waals surface area (Å²) in [5, 5.41) is 0. The number of aryl methyl sites for hydroxylation is 1. The Balaban J connectivity index is 0.000000677. The molecular formula is C20H23F. The molecule has 0 nitrogen and oxygen atoms in total. The summed E-state index contributed by atoms with van der Waals surface area (Å²) in [6, 6.07) is 15.1. The van der Waals surface area contributed by atoms with Crippen molar-refractivity contribution in [2.75, 3.05) is 0 Å². The molecule has 1 heteroatoms. The van der Waals surface area contributed by atoms with Gasteiger partial charge in [0.15, 0.2) is 0 Å². The van der Waals surface area contributed by atoms with Crippen molar-refractivity contribution in [2.45, 2.75) is 27.7 Å². The van der Waals surface area contributed by atoms with Crippen molar-refractivity contribution in [3.8, 4) is 0 Å². The molecule has 2 aromatic carbocycles. The summed E-state index contributed by atoms with van der Waals surface area (Å²) in [5.74, 6) is -0.191. The number of halogens is 1. The molecule has 0 saturated heterocycles. The smallest absolute Gasteiger partial charge is 0.123 e. The van der Waals surface area contributed by atoms with Crippen LogP contribution < -0.4 is 0 Å². The van der Waals surface area contributed by atoms with Gasteiger partial charge < -0.3 is 0 Å². The first-order valence-electron chi connectivity index (χ1n) is 7.07. The summed E-state index contributed by atoms with van der Waals surface area (Å²) < 4.78 is 13.2. The van der Waals surface area contributed by atoms with E-state index in [1.807, 2.05) is 19.9 Å². The van der Waals surface area contributed by atoms with Crippen molar-refractivity contribution in [3.63, 3.8) is 0 Å². The molecule has 0 fully saturated rings. The molecule has 0 aromatic heterocycles. The van der Waals surface area contributed by atoms with Gasteiger partial charge in [0, 0.05) is 0 Å². The Morgan fingerprint density at radius 2 is 1.48 bits per heavy atom. The lowest BCUT2D eigenvalue weighted by atomic mass is 9.96. The molecule has 0 bridgehead atoms. The number of rotatable bonds is 2. The summed E-state index contributed by atoms with van der Waals surface area (Å²) in [7, 11) is 0. The molecule has 0 N–H and O–H groups in total. The molecule has 0 aliphatic carbocycles. The van der Waals surface area contributed by atoms with Crippen LogP contribution >= 0.6 is 0 Å². The SMILES string of the molecule is C/C(=C(\C)c1cccc(F)c1)c1ccc(C)cc1.C=CC. The van der Waals surface area contributed by atoms with Crippen molar-refractivity contribution in [3.05, 3.63) is 83.7 Å². The molecule has 21 heavy (non-hydrogen) atoms. The van der Waals surface area contributed by atoms with E-state index in [9.17, 15) is 4.39 Å². The highest BCUT2D eigenvalue weighted by molar-refractivity contribution is 5.88. The molecule has 0 radical (unpaired) electrons. The average Bonchev–Trinajstić information content (AvgIpc) is 2.47. The fraction of sp³-hybridized carbons (Fsp3) is 0.200. The van der Waals surface area contributed by atoms with E-state index in [1.54, 1.807) is 18.2 Å². The van der Waals surface area contributed by atoms with Crippen molar-refractivity contribution >= 4 is 11.1 Å². The molecule has 110 valence electrons. The number of allylic oxidation sites excluding steroid dienone is 3. The molecule has 0 unspecified atom stereocenters. The minimum absolute atomic E-state index is 0.191. The predicted octanol–water partition coefficient (Wildman–Crippen LogP) is 6.28. The lowest BCUT2D eigenvalue weighted by Crippen LogP contribution is -1.87. The summed E-state index contributed by atoms with van der Waals surface area (Å²) in [4.78, 5) is 0. The van der Waals surface area contributed by atoms with Crippen LogP contribution in [0.2, 0.25) is 0 Å². The van der Waals surface area contributed by atoms with Crippen LogP contribution in [0.25, 0.3) is 11.1 Å². The van der Waals surface area contributed by atoms with Crippen LogP contribution in [0, 0.1) is 12.7 Å². The second-order valence-electron chi connectivity index (χ2n) is 5.03. The summed E-state index contributed by atoms with van der Waals surface area (Å²) in [6.07, 6.45) is 1.75. The second kappa shape index (κ2) is 8.21. The van der Waals surface area contributed by atoms with Crippen LogP contribution in [0.15, 0.2) is 61.2 Å². The first-order chi connectivity index (χ1) is 9.99. The first kappa shape index (κ1) is 16.9. The first-order valence-corrected chi connectivity index (χ1v) is 7.07. The normalized spacial score (nSPS) is 11.1. The van der Waals surface area contributed by atoms with Gasteiger partial charge >= 0.3 is 0 Å². The quantitative estimate of drug-likeness (QED) is 0.449. The summed E-state index contributed by atoms with van der Waals surface area (Å²) >= 11 is 0. The van der Waals surface area contributed by atoms with Crippen LogP contribution in [0.5, 0.6) is 0 Å². The lowest BCUT2D eigenvalue weighted by molar-refractivity contribution is 0.627. The van der Waals surface area contributed by atoms with Crippen molar-refractivity contribution in [1.82, 2.24) is 0 Å². The maximum atomic E-state index is 13.2. The molecule has 0 amide bonds. The zero-order valence-electron chi connectivity index (χ0n) is 13.3. The third-order valence-corrected chi connectivity index (χ3v) is 3.30. The standard InChI is InChI=1S/C17H17F.C3H6/c1-12-7-9-15(10-8-12)13(2)14(3)16-5-4-6-17(18)11-16;1-3-2/h4-11H,1-3H3;3H,1H2,2H3/b14-13-;. The van der Waals surface area contributed by atoms with E-state index in [0.717, 1.165) is 11.1 Å². The maximum absolute atomic E-state index is 13.2. The van der Waals surface area contributed by atoms with Crippen molar-refractivity contribution < 1.29 is 4.39 Å². The Labute approximate surface area is 127 Å². The van der Waals surface area contributed by atoms with Gasteiger partial charge in [-0.15, -0.1) is 6.58 Å². The van der Waals surface area contributed by atoms with Crippen LogP contribution in [0.4, 0.5) is 4.39 Å². The predicted molar refractivity (Wildman–Crippen MR) is 91.6 cm³/mol. The van der Waals surface area contributed by atoms with Gasteiger partial charge in [-0.1, -0.05) is 48.0 Å². The van der Waals surface area contributed by atoms with Gasteiger partial charge in [0.2, 0.25) is 0 Å². The largest absolute Gasteiger partial charge is 0.207 e. The van der Waals surface area contributed by atoms with Gasteiger partial charge in [0.25, 0.3) is 0 Å². The van der Waals surface area contributed by atoms with E-state index in [0.29, 0.717) is 0 Å². The Morgan fingerprint density at radius 1 is 0.952 bits per heavy atom. The van der Waals surface area contributed by atoms with E-state index in [-0.39, 0.29) is 5.82 Å². The van der Waals surface area contributed by atoms with Crippen molar-refractivity contribution in [2.24, 2.45) is 0 Å². The molecule has 0 heterocycles. The Morgan fingerprint density at radius 3 is 2.00 bits per heavy atom. The van der Waals surface area contributed by atoms with Gasteiger partial charge in [-0.2, -0.15) is 0 Å². The van der Waals surface area contributed by atoms with Gasteiger partial charge in [-0.25, -0.2) is 4.39 Å². The van der Waals surface area contributed by atoms with E-state index in [2.05, 4.69) is 44.7 Å². The fourth-order valence-electron chi connectivity index (χ4n) is 1.96. The topological polar surface area (TPSA) is 0 Å². The average molecular weight is 282 g/mol. The number of hydrogen-bond donors (Lipinski definition) is 0. The van der Waals surface area contributed by atoms with E-state index in [1.165, 1.54) is 22.8 Å². The van der Waals surface area contributed by atoms with Crippen LogP contribution in [0.3, 0.4) is 0 Å². The van der Waals surface area contributed by atoms with Gasteiger partial charge in [0.05, 0.1) is 0 Å². The maximum Gasteiger partial charge on any atom is 0.123 e. The van der Waals surface area contributed by atoms with Gasteiger partial charge in [-0.05, 0) is 62.1 Å². The minimum Gasteiger partial charge on any atom is -0.207 e. The molecule has 0 atom stereocenters. The highest BCUT2D eigenvalue weighted by Gasteiger charge is 2.04. The van der Waals surface area contributed by atoms with E-state index >= 15 is 0 Å². The summed E-state index contributed by atoms with van der Waals surface area (Å²) in [5.41, 5.74) is 5.66. The van der Waals surface area contributed by atoms with Crippen LogP contribution in [0.1, 0.15) is 37.5 Å². The Bertz CT molecular complexity index is 619. The highest BCUT2D eigenvalue weighted by Crippen LogP contribution is 2.26. The molecular weight excluding hydrogens is 259 g/mol. The minimum atomic E-state index is -0.191. The number of benzene rings is 2. The lowest BCUT2D eigenvalue weighted by Gasteiger charge is -2.09. The zero-order chi connectivity index (χ0) is 15.8. The second-order valence-corrected chi connectivity index (χ2v) is 5.03. The molecule has 0 spiro atoms. The van der Waals surface area contributed by atoms with E-state index in [4.69, 9.17) is 0 Å². The zero-order valence-corrected chi connectivity index (χ0v) is 13.3. The molecule has 0 aliphatic heterocycles. The number of hydrogen-bond acceptors (Lipinski definition) is 0. The molecule has 0 saturated carbocycles. The van der Waals surface area contributed by atoms with Gasteiger partial charge in [-0.3, -0.25) is 0 Å². The monoisotopic (exact) mass is 282 g/mol. The molecule has 2 rings (SSSR count). The third kappa shape index (κ3) is 5.03. The Kier molecular flexibility index (Phi) is 6.61. The molecule has 2 aromatic rings.